The van der Waals surface area contributed by atoms with Gasteiger partial charge in [-0.05, 0) is 30.7 Å². The van der Waals surface area contributed by atoms with Crippen molar-refractivity contribution in [3.05, 3.63) is 60.7 Å². The van der Waals surface area contributed by atoms with Crippen LogP contribution in [0.1, 0.15) is 6.42 Å². The van der Waals surface area contributed by atoms with E-state index in [9.17, 15) is 19.9 Å². The molecule has 0 amide bonds. The molecule has 1 saturated heterocycles. The molecule has 1 fully saturated rings. The zero-order valence-corrected chi connectivity index (χ0v) is 15.5. The van der Waals surface area contributed by atoms with E-state index in [1.54, 1.807) is 48.5 Å². The smallest absolute Gasteiger partial charge is 0.416 e. The van der Waals surface area contributed by atoms with Crippen LogP contribution in [0, 0.1) is 0 Å². The SMILES string of the molecule is O=P(CC[C@@H]1O[C@H](CO)[C@@H](O)[C@@H]1O)(Oc1ccccc1)Oc1ccccc1. The zero-order valence-electron chi connectivity index (χ0n) is 14.6. The monoisotopic (exact) mass is 394 g/mol. The van der Waals surface area contributed by atoms with E-state index in [2.05, 4.69) is 0 Å². The van der Waals surface area contributed by atoms with Gasteiger partial charge in [-0.15, -0.1) is 0 Å². The molecule has 1 aliphatic heterocycles. The molecule has 0 aromatic heterocycles. The highest BCUT2D eigenvalue weighted by atomic mass is 31.2. The maximum atomic E-state index is 13.4. The molecule has 4 atom stereocenters. The Labute approximate surface area is 157 Å². The van der Waals surface area contributed by atoms with E-state index in [1.165, 1.54) is 0 Å². The van der Waals surface area contributed by atoms with E-state index in [0.29, 0.717) is 11.5 Å². The van der Waals surface area contributed by atoms with Gasteiger partial charge in [-0.3, -0.25) is 0 Å². The maximum Gasteiger partial charge on any atom is 0.430 e. The summed E-state index contributed by atoms with van der Waals surface area (Å²) in [6.45, 7) is -0.409. The quantitative estimate of drug-likeness (QED) is 0.590. The lowest BCUT2D eigenvalue weighted by Crippen LogP contribution is -2.34. The lowest BCUT2D eigenvalue weighted by molar-refractivity contribution is -0.0226. The molecule has 7 nitrogen and oxygen atoms in total. The van der Waals surface area contributed by atoms with Crippen LogP contribution in [-0.2, 0) is 9.30 Å². The van der Waals surface area contributed by atoms with Crippen LogP contribution in [0.25, 0.3) is 0 Å². The maximum absolute atomic E-state index is 13.4. The van der Waals surface area contributed by atoms with Crippen molar-refractivity contribution in [3.63, 3.8) is 0 Å². The van der Waals surface area contributed by atoms with Crippen molar-refractivity contribution < 1.29 is 33.7 Å². The van der Waals surface area contributed by atoms with E-state index >= 15 is 0 Å². The number of para-hydroxylation sites is 2. The molecule has 3 rings (SSSR count). The van der Waals surface area contributed by atoms with Gasteiger partial charge in [0.1, 0.15) is 29.8 Å². The molecule has 0 radical (unpaired) electrons. The van der Waals surface area contributed by atoms with Gasteiger partial charge in [-0.1, -0.05) is 36.4 Å². The first kappa shape index (κ1) is 19.9. The van der Waals surface area contributed by atoms with Crippen molar-refractivity contribution in [3.8, 4) is 11.5 Å². The van der Waals surface area contributed by atoms with E-state index in [-0.39, 0.29) is 12.6 Å². The minimum atomic E-state index is -3.63. The fraction of sp³-hybridized carbons (Fsp3) is 0.368. The Bertz CT molecular complexity index is 710. The molecule has 2 aromatic carbocycles. The van der Waals surface area contributed by atoms with Gasteiger partial charge >= 0.3 is 7.60 Å². The molecule has 0 saturated carbocycles. The van der Waals surface area contributed by atoms with Gasteiger partial charge in [0.2, 0.25) is 0 Å². The normalized spacial score (nSPS) is 25.3. The molecule has 27 heavy (non-hydrogen) atoms. The average molecular weight is 394 g/mol. The summed E-state index contributed by atoms with van der Waals surface area (Å²) in [5, 5.41) is 29.1. The molecule has 1 heterocycles. The molecule has 146 valence electrons. The Balaban J connectivity index is 1.73. The molecule has 1 aliphatic rings. The minimum absolute atomic E-state index is 0.0383. The lowest BCUT2D eigenvalue weighted by atomic mass is 10.1. The van der Waals surface area contributed by atoms with Crippen LogP contribution in [0.15, 0.2) is 60.7 Å². The van der Waals surface area contributed by atoms with Gasteiger partial charge in [0.25, 0.3) is 0 Å². The molecule has 0 unspecified atom stereocenters. The largest absolute Gasteiger partial charge is 0.430 e. The van der Waals surface area contributed by atoms with Crippen LogP contribution >= 0.6 is 7.60 Å². The summed E-state index contributed by atoms with van der Waals surface area (Å²) < 4.78 is 30.1. The summed E-state index contributed by atoms with van der Waals surface area (Å²) in [6, 6.07) is 17.4. The Morgan fingerprint density at radius 3 is 1.78 bits per heavy atom. The highest BCUT2D eigenvalue weighted by Crippen LogP contribution is 2.49. The highest BCUT2D eigenvalue weighted by Gasteiger charge is 2.43. The van der Waals surface area contributed by atoms with Gasteiger partial charge in [0, 0.05) is 0 Å². The van der Waals surface area contributed by atoms with Crippen molar-refractivity contribution in [1.29, 1.82) is 0 Å². The second-order valence-electron chi connectivity index (χ2n) is 6.31. The third-order valence-electron chi connectivity index (χ3n) is 4.30. The first-order chi connectivity index (χ1) is 13.0. The average Bonchev–Trinajstić information content (AvgIpc) is 2.96. The third kappa shape index (κ3) is 5.09. The van der Waals surface area contributed by atoms with Crippen LogP contribution in [0.5, 0.6) is 11.5 Å². The third-order valence-corrected chi connectivity index (χ3v) is 6.09. The second kappa shape index (κ2) is 8.87. The highest BCUT2D eigenvalue weighted by molar-refractivity contribution is 7.54. The van der Waals surface area contributed by atoms with Crippen LogP contribution in [0.3, 0.4) is 0 Å². The molecular weight excluding hydrogens is 371 g/mol. The Kier molecular flexibility index (Phi) is 6.52. The van der Waals surface area contributed by atoms with Crippen LogP contribution in [0.4, 0.5) is 0 Å². The topological polar surface area (TPSA) is 105 Å². The molecule has 0 aliphatic carbocycles. The standard InChI is InChI=1S/C19H23O7P/c20-13-17-19(22)18(21)16(24-17)11-12-27(23,25-14-7-3-1-4-8-14)26-15-9-5-2-6-10-15/h1-10,16-22H,11-13H2/t16-,17+,18+,19+/m0/s1. The number of hydrogen-bond acceptors (Lipinski definition) is 7. The number of benzene rings is 2. The molecule has 8 heteroatoms. The van der Waals surface area contributed by atoms with Crippen molar-refractivity contribution >= 4 is 7.60 Å². The van der Waals surface area contributed by atoms with Crippen molar-refractivity contribution in [2.45, 2.75) is 30.8 Å². The van der Waals surface area contributed by atoms with Crippen LogP contribution < -0.4 is 9.05 Å². The fourth-order valence-electron chi connectivity index (χ4n) is 2.89. The van der Waals surface area contributed by atoms with E-state index in [4.69, 9.17) is 13.8 Å². The Morgan fingerprint density at radius 1 is 0.852 bits per heavy atom. The number of rotatable bonds is 8. The Hall–Kier alpha value is -1.89. The lowest BCUT2D eigenvalue weighted by Gasteiger charge is -2.22. The first-order valence-corrected chi connectivity index (χ1v) is 10.4. The van der Waals surface area contributed by atoms with Crippen molar-refractivity contribution in [2.24, 2.45) is 0 Å². The van der Waals surface area contributed by atoms with Gasteiger partial charge in [0.15, 0.2) is 0 Å². The van der Waals surface area contributed by atoms with E-state index in [0.717, 1.165) is 0 Å². The summed E-state index contributed by atoms with van der Waals surface area (Å²) in [5.74, 6) is 0.802. The number of ether oxygens (including phenoxy) is 1. The van der Waals surface area contributed by atoms with Crippen LogP contribution in [0.2, 0.25) is 0 Å². The molecule has 2 aromatic rings. The molecule has 3 N–H and O–H groups in total. The molecular formula is C19H23O7P. The first-order valence-electron chi connectivity index (χ1n) is 8.71. The van der Waals surface area contributed by atoms with Crippen molar-refractivity contribution in [1.82, 2.24) is 0 Å². The summed E-state index contributed by atoms with van der Waals surface area (Å²) in [5.41, 5.74) is 0. The predicted molar refractivity (Wildman–Crippen MR) is 99.0 cm³/mol. The number of aliphatic hydroxyl groups excluding tert-OH is 3. The van der Waals surface area contributed by atoms with Gasteiger partial charge < -0.3 is 29.1 Å². The molecule has 0 spiro atoms. The number of aliphatic hydroxyl groups is 3. The molecule has 0 bridgehead atoms. The van der Waals surface area contributed by atoms with Gasteiger partial charge in [0.05, 0.1) is 18.9 Å². The summed E-state index contributed by atoms with van der Waals surface area (Å²) in [4.78, 5) is 0. The van der Waals surface area contributed by atoms with Crippen molar-refractivity contribution in [2.75, 3.05) is 12.8 Å². The predicted octanol–water partition coefficient (Wildman–Crippen LogP) is 2.21. The van der Waals surface area contributed by atoms with Gasteiger partial charge in [-0.2, -0.15) is 0 Å². The van der Waals surface area contributed by atoms with E-state index < -0.39 is 38.6 Å². The minimum Gasteiger partial charge on any atom is -0.416 e. The fourth-order valence-corrected chi connectivity index (χ4v) is 4.57. The summed E-state index contributed by atoms with van der Waals surface area (Å²) in [7, 11) is -3.63. The summed E-state index contributed by atoms with van der Waals surface area (Å²) in [6.07, 6.45) is -3.91. The number of hydrogen-bond donors (Lipinski definition) is 3. The second-order valence-corrected chi connectivity index (χ2v) is 8.34. The zero-order chi connectivity index (χ0) is 19.3. The van der Waals surface area contributed by atoms with E-state index in [1.807, 2.05) is 12.1 Å². The van der Waals surface area contributed by atoms with Gasteiger partial charge in [-0.25, -0.2) is 4.57 Å². The van der Waals surface area contributed by atoms with Crippen LogP contribution in [-0.4, -0.2) is 52.5 Å². The summed E-state index contributed by atoms with van der Waals surface area (Å²) >= 11 is 0. The Morgan fingerprint density at radius 2 is 1.33 bits per heavy atom.